The fourth-order valence-corrected chi connectivity index (χ4v) is 4.60. The van der Waals surface area contributed by atoms with Gasteiger partial charge in [0.05, 0.1) is 5.92 Å². The number of carbonyl (C=O) groups is 2. The molecule has 3 nitrogen and oxygen atoms in total. The highest BCUT2D eigenvalue weighted by atomic mass is 16.6. The van der Waals surface area contributed by atoms with Crippen LogP contribution in [-0.2, 0) is 14.3 Å². The largest absolute Gasteiger partial charge is 0.458 e. The van der Waals surface area contributed by atoms with Crippen molar-refractivity contribution in [1.82, 2.24) is 0 Å². The monoisotopic (exact) mass is 236 g/mol. The molecule has 0 aromatic heterocycles. The van der Waals surface area contributed by atoms with Crippen molar-refractivity contribution >= 4 is 11.8 Å². The van der Waals surface area contributed by atoms with Gasteiger partial charge in [0.1, 0.15) is 11.4 Å². The molecule has 17 heavy (non-hydrogen) atoms. The molecule has 0 heterocycles. The van der Waals surface area contributed by atoms with E-state index in [1.165, 1.54) is 6.92 Å². The van der Waals surface area contributed by atoms with Crippen LogP contribution >= 0.6 is 0 Å². The Bertz CT molecular complexity index is 362. The summed E-state index contributed by atoms with van der Waals surface area (Å²) in [5.41, 5.74) is -0.414. The molecule has 3 aliphatic carbocycles. The summed E-state index contributed by atoms with van der Waals surface area (Å²) < 4.78 is 5.73. The number of fused-ring (bicyclic) bond motifs is 3. The van der Waals surface area contributed by atoms with Gasteiger partial charge in [0.25, 0.3) is 0 Å². The quantitative estimate of drug-likeness (QED) is 0.657. The minimum atomic E-state index is -0.414. The molecule has 0 bridgehead atoms. The van der Waals surface area contributed by atoms with Crippen LogP contribution in [-0.4, -0.2) is 17.4 Å². The van der Waals surface area contributed by atoms with E-state index in [-0.39, 0.29) is 17.8 Å². The lowest BCUT2D eigenvalue weighted by Crippen LogP contribution is -2.47. The molecule has 3 aliphatic rings. The van der Waals surface area contributed by atoms with Crippen molar-refractivity contribution in [1.29, 1.82) is 0 Å². The normalized spacial score (nSPS) is 44.3. The maximum Gasteiger partial charge on any atom is 0.303 e. The molecule has 0 aromatic carbocycles. The van der Waals surface area contributed by atoms with Gasteiger partial charge in [-0.2, -0.15) is 0 Å². The molecule has 3 fully saturated rings. The zero-order valence-corrected chi connectivity index (χ0v) is 10.4. The molecule has 0 aromatic rings. The molecule has 0 N–H and O–H groups in total. The summed E-state index contributed by atoms with van der Waals surface area (Å²) >= 11 is 0. The number of esters is 1. The van der Waals surface area contributed by atoms with Gasteiger partial charge in [-0.15, -0.1) is 0 Å². The summed E-state index contributed by atoms with van der Waals surface area (Å²) in [6.07, 6.45) is 7.25. The SMILES string of the molecule is CC(=O)O[C@]12CCCC[C@H]1C(=O)[C@@H]1CCC[C@H]12. The van der Waals surface area contributed by atoms with E-state index in [1.54, 1.807) is 0 Å². The van der Waals surface area contributed by atoms with Gasteiger partial charge in [-0.1, -0.05) is 12.8 Å². The molecule has 0 aliphatic heterocycles. The Hall–Kier alpha value is -0.860. The number of ketones is 1. The Morgan fingerprint density at radius 2 is 2.06 bits per heavy atom. The van der Waals surface area contributed by atoms with Gasteiger partial charge in [0, 0.05) is 18.8 Å². The van der Waals surface area contributed by atoms with Crippen LogP contribution in [0.1, 0.15) is 51.9 Å². The first-order chi connectivity index (χ1) is 8.15. The van der Waals surface area contributed by atoms with Crippen molar-refractivity contribution in [2.75, 3.05) is 0 Å². The van der Waals surface area contributed by atoms with E-state index in [2.05, 4.69) is 0 Å². The molecule has 3 saturated carbocycles. The van der Waals surface area contributed by atoms with Crippen LogP contribution in [0.5, 0.6) is 0 Å². The Balaban J connectivity index is 1.98. The van der Waals surface area contributed by atoms with Crippen LogP contribution in [0.15, 0.2) is 0 Å². The molecule has 0 radical (unpaired) electrons. The number of carbonyl (C=O) groups excluding carboxylic acids is 2. The third-order valence-electron chi connectivity index (χ3n) is 5.09. The first kappa shape index (κ1) is 11.2. The van der Waals surface area contributed by atoms with E-state index in [0.29, 0.717) is 11.7 Å². The van der Waals surface area contributed by atoms with Crippen molar-refractivity contribution < 1.29 is 14.3 Å². The summed E-state index contributed by atoms with van der Waals surface area (Å²) in [6, 6.07) is 0. The average molecular weight is 236 g/mol. The predicted molar refractivity (Wildman–Crippen MR) is 62.3 cm³/mol. The molecular formula is C14H20O3. The van der Waals surface area contributed by atoms with E-state index in [0.717, 1.165) is 44.9 Å². The minimum Gasteiger partial charge on any atom is -0.458 e. The molecule has 0 unspecified atom stereocenters. The van der Waals surface area contributed by atoms with E-state index >= 15 is 0 Å². The molecule has 3 rings (SSSR count). The van der Waals surface area contributed by atoms with E-state index in [4.69, 9.17) is 4.74 Å². The van der Waals surface area contributed by atoms with Crippen LogP contribution in [0.2, 0.25) is 0 Å². The smallest absolute Gasteiger partial charge is 0.303 e. The van der Waals surface area contributed by atoms with Crippen molar-refractivity contribution in [2.24, 2.45) is 17.8 Å². The summed E-state index contributed by atoms with van der Waals surface area (Å²) in [4.78, 5) is 23.8. The van der Waals surface area contributed by atoms with Crippen molar-refractivity contribution in [3.8, 4) is 0 Å². The standard InChI is InChI=1S/C14H20O3/c1-9(15)17-14-8-3-2-6-12(14)13(16)10-5-4-7-11(10)14/h10-12H,2-8H2,1H3/t10-,11-,12+,14+/m1/s1. The molecule has 0 saturated heterocycles. The number of rotatable bonds is 1. The van der Waals surface area contributed by atoms with E-state index in [9.17, 15) is 9.59 Å². The van der Waals surface area contributed by atoms with Crippen molar-refractivity contribution in [3.05, 3.63) is 0 Å². The first-order valence-electron chi connectivity index (χ1n) is 6.88. The van der Waals surface area contributed by atoms with E-state index < -0.39 is 5.60 Å². The lowest BCUT2D eigenvalue weighted by molar-refractivity contribution is -0.172. The third-order valence-corrected chi connectivity index (χ3v) is 5.09. The highest BCUT2D eigenvalue weighted by Crippen LogP contribution is 2.57. The van der Waals surface area contributed by atoms with Gasteiger partial charge >= 0.3 is 5.97 Å². The Kier molecular flexibility index (Phi) is 2.53. The zero-order chi connectivity index (χ0) is 12.0. The Morgan fingerprint density at radius 1 is 1.24 bits per heavy atom. The molecule has 94 valence electrons. The fourth-order valence-electron chi connectivity index (χ4n) is 4.60. The number of ether oxygens (including phenoxy) is 1. The van der Waals surface area contributed by atoms with Gasteiger partial charge in [0.2, 0.25) is 0 Å². The van der Waals surface area contributed by atoms with Crippen LogP contribution in [0.25, 0.3) is 0 Å². The Morgan fingerprint density at radius 3 is 2.82 bits per heavy atom. The molecule has 0 spiro atoms. The minimum absolute atomic E-state index is 0.00968. The van der Waals surface area contributed by atoms with Gasteiger partial charge in [0.15, 0.2) is 0 Å². The van der Waals surface area contributed by atoms with Crippen molar-refractivity contribution in [2.45, 2.75) is 57.5 Å². The second kappa shape index (κ2) is 3.82. The van der Waals surface area contributed by atoms with Gasteiger partial charge < -0.3 is 4.74 Å². The number of hydrogen-bond acceptors (Lipinski definition) is 3. The second-order valence-electron chi connectivity index (χ2n) is 5.89. The zero-order valence-electron chi connectivity index (χ0n) is 10.4. The van der Waals surface area contributed by atoms with Crippen LogP contribution in [0.4, 0.5) is 0 Å². The van der Waals surface area contributed by atoms with Crippen LogP contribution in [0.3, 0.4) is 0 Å². The summed E-state index contributed by atoms with van der Waals surface area (Å²) in [7, 11) is 0. The summed E-state index contributed by atoms with van der Waals surface area (Å²) in [6.45, 7) is 1.48. The van der Waals surface area contributed by atoms with E-state index in [1.807, 2.05) is 0 Å². The molecule has 3 heteroatoms. The second-order valence-corrected chi connectivity index (χ2v) is 5.89. The lowest BCUT2D eigenvalue weighted by Gasteiger charge is -2.41. The first-order valence-corrected chi connectivity index (χ1v) is 6.88. The number of hydrogen-bond donors (Lipinski definition) is 0. The van der Waals surface area contributed by atoms with Crippen LogP contribution < -0.4 is 0 Å². The van der Waals surface area contributed by atoms with Gasteiger partial charge in [-0.25, -0.2) is 0 Å². The third kappa shape index (κ3) is 1.47. The lowest BCUT2D eigenvalue weighted by atomic mass is 9.72. The maximum absolute atomic E-state index is 12.4. The molecular weight excluding hydrogens is 216 g/mol. The highest BCUT2D eigenvalue weighted by Gasteiger charge is 2.63. The average Bonchev–Trinajstić information content (AvgIpc) is 2.83. The van der Waals surface area contributed by atoms with Crippen molar-refractivity contribution in [3.63, 3.8) is 0 Å². The molecule has 0 amide bonds. The summed E-state index contributed by atoms with van der Waals surface area (Å²) in [5.74, 6) is 0.711. The van der Waals surface area contributed by atoms with Gasteiger partial charge in [-0.3, -0.25) is 9.59 Å². The number of Topliss-reactive ketones (excluding diaryl/α,β-unsaturated/α-hetero) is 1. The predicted octanol–water partition coefficient (Wildman–Crippen LogP) is 2.48. The van der Waals surface area contributed by atoms with Gasteiger partial charge in [-0.05, 0) is 32.1 Å². The Labute approximate surface area is 102 Å². The van der Waals surface area contributed by atoms with Crippen LogP contribution in [0, 0.1) is 17.8 Å². The topological polar surface area (TPSA) is 43.4 Å². The highest BCUT2D eigenvalue weighted by molar-refractivity contribution is 5.89. The fraction of sp³-hybridized carbons (Fsp3) is 0.857. The maximum atomic E-state index is 12.4. The summed E-state index contributed by atoms with van der Waals surface area (Å²) in [5, 5.41) is 0. The molecule has 4 atom stereocenters.